The highest BCUT2D eigenvalue weighted by atomic mass is 79.9. The third kappa shape index (κ3) is 5.51. The van der Waals surface area contributed by atoms with Crippen LogP contribution in [0.1, 0.15) is 34.4 Å². The molecule has 1 N–H and O–H groups in total. The molecule has 5 rings (SSSR count). The number of aryl methyl sites for hydroxylation is 3. The SMILES string of the molecule is COc1ccc(Br)cc1C=NNC(=O)CSc1nc2sc3c(c2c(=O)n1-c1ccc(C)cc1)CCCC3. The van der Waals surface area contributed by atoms with Gasteiger partial charge in [-0.15, -0.1) is 11.3 Å². The number of rotatable bonds is 7. The molecule has 0 fully saturated rings. The minimum atomic E-state index is -0.300. The number of methoxy groups -OCH3 is 1. The summed E-state index contributed by atoms with van der Waals surface area (Å²) in [6.07, 6.45) is 5.67. The van der Waals surface area contributed by atoms with E-state index in [1.807, 2.05) is 49.4 Å². The number of fused-ring (bicyclic) bond motifs is 3. The number of aromatic nitrogens is 2. The maximum atomic E-state index is 13.8. The molecule has 0 bridgehead atoms. The van der Waals surface area contributed by atoms with Gasteiger partial charge in [0, 0.05) is 14.9 Å². The Morgan fingerprint density at radius 3 is 2.81 bits per heavy atom. The largest absolute Gasteiger partial charge is 0.496 e. The normalized spacial score (nSPS) is 13.2. The van der Waals surface area contributed by atoms with Crippen LogP contribution in [-0.4, -0.2) is 34.5 Å². The number of benzene rings is 2. The van der Waals surface area contributed by atoms with E-state index in [0.717, 1.165) is 62.8 Å². The van der Waals surface area contributed by atoms with Crippen LogP contribution >= 0.6 is 39.0 Å². The number of halogens is 1. The quantitative estimate of drug-likeness (QED) is 0.129. The van der Waals surface area contributed by atoms with Crippen LogP contribution in [-0.2, 0) is 17.6 Å². The number of carbonyl (C=O) groups excluding carboxylic acids is 1. The molecule has 1 amide bonds. The number of thioether (sulfide) groups is 1. The molecule has 2 aromatic heterocycles. The van der Waals surface area contributed by atoms with E-state index in [9.17, 15) is 9.59 Å². The zero-order valence-corrected chi connectivity index (χ0v) is 23.6. The zero-order valence-electron chi connectivity index (χ0n) is 20.4. The number of amides is 1. The summed E-state index contributed by atoms with van der Waals surface area (Å²) in [4.78, 5) is 33.3. The van der Waals surface area contributed by atoms with Crippen LogP contribution in [0.25, 0.3) is 15.9 Å². The highest BCUT2D eigenvalue weighted by molar-refractivity contribution is 9.10. The van der Waals surface area contributed by atoms with Crippen LogP contribution in [0, 0.1) is 6.92 Å². The van der Waals surface area contributed by atoms with Gasteiger partial charge in [0.15, 0.2) is 5.16 Å². The Kier molecular flexibility index (Phi) is 7.78. The van der Waals surface area contributed by atoms with Gasteiger partial charge in [0.05, 0.1) is 30.2 Å². The summed E-state index contributed by atoms with van der Waals surface area (Å²) in [6.45, 7) is 2.01. The lowest BCUT2D eigenvalue weighted by atomic mass is 9.97. The molecule has 190 valence electrons. The number of carbonyl (C=O) groups is 1. The van der Waals surface area contributed by atoms with Gasteiger partial charge >= 0.3 is 0 Å². The van der Waals surface area contributed by atoms with Crippen molar-refractivity contribution in [3.8, 4) is 11.4 Å². The van der Waals surface area contributed by atoms with Crippen LogP contribution in [0.4, 0.5) is 0 Å². The van der Waals surface area contributed by atoms with E-state index in [-0.39, 0.29) is 17.2 Å². The Labute approximate surface area is 231 Å². The van der Waals surface area contributed by atoms with Gasteiger partial charge < -0.3 is 4.74 Å². The van der Waals surface area contributed by atoms with Gasteiger partial charge in [0.25, 0.3) is 11.5 Å². The van der Waals surface area contributed by atoms with Crippen molar-refractivity contribution in [3.05, 3.63) is 78.9 Å². The van der Waals surface area contributed by atoms with Crippen molar-refractivity contribution in [3.63, 3.8) is 0 Å². The van der Waals surface area contributed by atoms with Crippen molar-refractivity contribution in [1.82, 2.24) is 15.0 Å². The Morgan fingerprint density at radius 2 is 2.03 bits per heavy atom. The first-order valence-electron chi connectivity index (χ1n) is 11.9. The summed E-state index contributed by atoms with van der Waals surface area (Å²) < 4.78 is 7.85. The molecule has 7 nitrogen and oxygen atoms in total. The molecule has 10 heteroatoms. The number of hydrazone groups is 1. The smallest absolute Gasteiger partial charge is 0.267 e. The maximum Gasteiger partial charge on any atom is 0.267 e. The second-order valence-corrected chi connectivity index (χ2v) is 11.7. The van der Waals surface area contributed by atoms with Crippen LogP contribution < -0.4 is 15.7 Å². The third-order valence-electron chi connectivity index (χ3n) is 6.17. The van der Waals surface area contributed by atoms with Crippen molar-refractivity contribution in [2.24, 2.45) is 5.10 Å². The maximum absolute atomic E-state index is 13.8. The molecule has 0 unspecified atom stereocenters. The molecule has 0 aliphatic heterocycles. The van der Waals surface area contributed by atoms with Crippen molar-refractivity contribution in [1.29, 1.82) is 0 Å². The summed E-state index contributed by atoms with van der Waals surface area (Å²) in [5, 5.41) is 5.30. The molecule has 4 aromatic rings. The molecule has 1 aliphatic carbocycles. The molecule has 0 spiro atoms. The molecule has 0 saturated carbocycles. The number of thiophene rings is 1. The van der Waals surface area contributed by atoms with Crippen LogP contribution in [0.3, 0.4) is 0 Å². The van der Waals surface area contributed by atoms with Gasteiger partial charge in [0.2, 0.25) is 0 Å². The molecule has 0 atom stereocenters. The first-order valence-corrected chi connectivity index (χ1v) is 14.5. The first kappa shape index (κ1) is 25.7. The van der Waals surface area contributed by atoms with E-state index < -0.39 is 0 Å². The Bertz CT molecular complexity index is 1560. The fourth-order valence-corrected chi connectivity index (χ4v) is 6.83. The van der Waals surface area contributed by atoms with Crippen LogP contribution in [0.5, 0.6) is 5.75 Å². The molecular formula is C27H25BrN4O3S2. The molecule has 37 heavy (non-hydrogen) atoms. The molecule has 1 aliphatic rings. The van der Waals surface area contributed by atoms with E-state index in [1.54, 1.807) is 23.0 Å². The van der Waals surface area contributed by atoms with Crippen molar-refractivity contribution >= 4 is 61.4 Å². The van der Waals surface area contributed by atoms with Gasteiger partial charge in [-0.05, 0) is 68.5 Å². The molecule has 0 radical (unpaired) electrons. The number of hydrogen-bond donors (Lipinski definition) is 1. The first-order chi connectivity index (χ1) is 17.9. The minimum absolute atomic E-state index is 0.0574. The Hall–Kier alpha value is -2.95. The number of ether oxygens (including phenoxy) is 1. The van der Waals surface area contributed by atoms with Gasteiger partial charge in [-0.2, -0.15) is 5.10 Å². The van der Waals surface area contributed by atoms with Crippen molar-refractivity contribution < 1.29 is 9.53 Å². The van der Waals surface area contributed by atoms with Crippen LogP contribution in [0.15, 0.2) is 62.0 Å². The number of nitrogens with zero attached hydrogens (tertiary/aromatic N) is 3. The fraction of sp³-hybridized carbons (Fsp3) is 0.259. The molecular weight excluding hydrogens is 572 g/mol. The van der Waals surface area contributed by atoms with Crippen LogP contribution in [0.2, 0.25) is 0 Å². The van der Waals surface area contributed by atoms with Gasteiger partial charge in [-0.1, -0.05) is 45.4 Å². The summed E-state index contributed by atoms with van der Waals surface area (Å²) in [5.74, 6) is 0.404. The monoisotopic (exact) mass is 596 g/mol. The Morgan fingerprint density at radius 1 is 1.24 bits per heavy atom. The molecule has 0 saturated heterocycles. The molecule has 2 heterocycles. The van der Waals surface area contributed by atoms with E-state index in [1.165, 1.54) is 22.9 Å². The lowest BCUT2D eigenvalue weighted by molar-refractivity contribution is -0.118. The van der Waals surface area contributed by atoms with E-state index in [4.69, 9.17) is 9.72 Å². The third-order valence-corrected chi connectivity index (χ3v) is 8.78. The van der Waals surface area contributed by atoms with Gasteiger partial charge in [-0.3, -0.25) is 14.2 Å². The van der Waals surface area contributed by atoms with E-state index >= 15 is 0 Å². The summed E-state index contributed by atoms with van der Waals surface area (Å²) in [5.41, 5.74) is 6.20. The van der Waals surface area contributed by atoms with Gasteiger partial charge in [-0.25, -0.2) is 10.4 Å². The second kappa shape index (κ2) is 11.2. The van der Waals surface area contributed by atoms with Crippen molar-refractivity contribution in [2.45, 2.75) is 37.8 Å². The zero-order chi connectivity index (χ0) is 25.9. The fourth-order valence-electron chi connectivity index (χ4n) is 4.35. The summed E-state index contributed by atoms with van der Waals surface area (Å²) in [7, 11) is 1.58. The highest BCUT2D eigenvalue weighted by Gasteiger charge is 2.23. The molecule has 2 aromatic carbocycles. The van der Waals surface area contributed by atoms with Crippen molar-refractivity contribution in [2.75, 3.05) is 12.9 Å². The summed E-state index contributed by atoms with van der Waals surface area (Å²) in [6, 6.07) is 13.3. The predicted octanol–water partition coefficient (Wildman–Crippen LogP) is 5.65. The summed E-state index contributed by atoms with van der Waals surface area (Å²) >= 11 is 6.26. The number of hydrogen-bond acceptors (Lipinski definition) is 7. The number of nitrogens with one attached hydrogen (secondary N) is 1. The average molecular weight is 598 g/mol. The predicted molar refractivity (Wildman–Crippen MR) is 154 cm³/mol. The van der Waals surface area contributed by atoms with Gasteiger partial charge in [0.1, 0.15) is 10.6 Å². The highest BCUT2D eigenvalue weighted by Crippen LogP contribution is 2.35. The lowest BCUT2D eigenvalue weighted by Crippen LogP contribution is -2.24. The lowest BCUT2D eigenvalue weighted by Gasteiger charge is -2.13. The van der Waals surface area contributed by atoms with E-state index in [0.29, 0.717) is 10.9 Å². The topological polar surface area (TPSA) is 85.6 Å². The standard InChI is InChI=1S/C27H25BrN4O3S2/c1-16-7-10-19(11-8-16)32-26(34)24-20-5-3-4-6-22(20)37-25(24)30-27(32)36-15-23(33)31-29-14-17-13-18(28)9-12-21(17)35-2/h7-14H,3-6,15H2,1-2H3,(H,31,33). The average Bonchev–Trinajstić information content (AvgIpc) is 3.27. The van der Waals surface area contributed by atoms with E-state index in [2.05, 4.69) is 26.5 Å². The Balaban J connectivity index is 1.41. The second-order valence-electron chi connectivity index (χ2n) is 8.73. The minimum Gasteiger partial charge on any atom is -0.496 e.